The first-order valence-electron chi connectivity index (χ1n) is 7.43. The van der Waals surface area contributed by atoms with Gasteiger partial charge in [-0.05, 0) is 26.3 Å². The average molecular weight is 337 g/mol. The van der Waals surface area contributed by atoms with Crippen LogP contribution in [-0.2, 0) is 16.0 Å². The van der Waals surface area contributed by atoms with Gasteiger partial charge in [-0.2, -0.15) is 0 Å². The molecule has 8 heteroatoms. The average Bonchev–Trinajstić information content (AvgIpc) is 2.44. The second kappa shape index (κ2) is 7.76. The summed E-state index contributed by atoms with van der Waals surface area (Å²) in [5.74, 6) is -0.292. The fourth-order valence-corrected chi connectivity index (χ4v) is 1.95. The van der Waals surface area contributed by atoms with Crippen molar-refractivity contribution in [2.45, 2.75) is 38.8 Å². The Kier molecular flexibility index (Phi) is 6.27. The van der Waals surface area contributed by atoms with E-state index in [4.69, 9.17) is 4.74 Å². The molecule has 0 spiro atoms. The van der Waals surface area contributed by atoms with Crippen molar-refractivity contribution >= 4 is 17.7 Å². The molecule has 8 nitrogen and oxygen atoms in total. The van der Waals surface area contributed by atoms with E-state index in [2.05, 4.69) is 5.32 Å². The van der Waals surface area contributed by atoms with Crippen LogP contribution in [0.25, 0.3) is 0 Å². The van der Waals surface area contributed by atoms with Crippen LogP contribution >= 0.6 is 0 Å². The molecular formula is C16H23N3O5. The van der Waals surface area contributed by atoms with Gasteiger partial charge >= 0.3 is 6.09 Å². The van der Waals surface area contributed by atoms with Gasteiger partial charge in [0.15, 0.2) is 0 Å². The number of hydrogen-bond donors (Lipinski definition) is 1. The van der Waals surface area contributed by atoms with Crippen LogP contribution in [0.5, 0.6) is 0 Å². The summed E-state index contributed by atoms with van der Waals surface area (Å²) in [6.07, 6.45) is -0.488. The van der Waals surface area contributed by atoms with E-state index in [1.165, 1.54) is 17.0 Å². The first-order valence-corrected chi connectivity index (χ1v) is 7.43. The van der Waals surface area contributed by atoms with E-state index in [1.54, 1.807) is 47.0 Å². The van der Waals surface area contributed by atoms with Crippen LogP contribution < -0.4 is 5.32 Å². The van der Waals surface area contributed by atoms with E-state index in [9.17, 15) is 19.7 Å². The van der Waals surface area contributed by atoms with Gasteiger partial charge in [-0.3, -0.25) is 14.9 Å². The third kappa shape index (κ3) is 6.23. The second-order valence-corrected chi connectivity index (χ2v) is 6.56. The molecule has 1 rings (SSSR count). The van der Waals surface area contributed by atoms with E-state index in [-0.39, 0.29) is 18.0 Å². The Balaban J connectivity index is 2.88. The monoisotopic (exact) mass is 337 g/mol. The molecule has 0 bridgehead atoms. The third-order valence-corrected chi connectivity index (χ3v) is 3.02. The first kappa shape index (κ1) is 19.4. The van der Waals surface area contributed by atoms with E-state index in [0.717, 1.165) is 0 Å². The van der Waals surface area contributed by atoms with Crippen LogP contribution in [0.3, 0.4) is 0 Å². The van der Waals surface area contributed by atoms with Crippen molar-refractivity contribution < 1.29 is 19.2 Å². The molecule has 0 fully saturated rings. The Hall–Kier alpha value is -2.64. The van der Waals surface area contributed by atoms with Crippen molar-refractivity contribution in [2.24, 2.45) is 0 Å². The molecule has 0 aliphatic carbocycles. The number of nitro benzene ring substituents is 1. The number of amides is 2. The van der Waals surface area contributed by atoms with Gasteiger partial charge in [0.1, 0.15) is 11.6 Å². The zero-order chi connectivity index (χ0) is 18.5. The SMILES string of the molecule is CN(C)C(=O)[C@H](Cc1ccc([N+](=O)[O-])cc1)NC(=O)OC(C)(C)C. The van der Waals surface area contributed by atoms with E-state index in [0.29, 0.717) is 5.56 Å². The Labute approximate surface area is 140 Å². The number of non-ortho nitro benzene ring substituents is 1. The quantitative estimate of drug-likeness (QED) is 0.655. The summed E-state index contributed by atoms with van der Waals surface area (Å²) in [4.78, 5) is 35.8. The molecular weight excluding hydrogens is 314 g/mol. The molecule has 132 valence electrons. The highest BCUT2D eigenvalue weighted by molar-refractivity contribution is 5.85. The minimum atomic E-state index is -0.823. The largest absolute Gasteiger partial charge is 0.444 e. The van der Waals surface area contributed by atoms with Crippen LogP contribution in [-0.4, -0.2) is 47.6 Å². The highest BCUT2D eigenvalue weighted by atomic mass is 16.6. The van der Waals surface area contributed by atoms with Crippen molar-refractivity contribution in [1.82, 2.24) is 10.2 Å². The molecule has 0 saturated heterocycles. The minimum Gasteiger partial charge on any atom is -0.444 e. The molecule has 0 radical (unpaired) electrons. The van der Waals surface area contributed by atoms with Crippen LogP contribution in [0.15, 0.2) is 24.3 Å². The Morgan fingerprint density at radius 3 is 2.21 bits per heavy atom. The van der Waals surface area contributed by atoms with Crippen molar-refractivity contribution in [3.8, 4) is 0 Å². The zero-order valence-electron chi connectivity index (χ0n) is 14.5. The lowest BCUT2D eigenvalue weighted by molar-refractivity contribution is -0.384. The fourth-order valence-electron chi connectivity index (χ4n) is 1.95. The Bertz CT molecular complexity index is 605. The molecule has 1 aromatic rings. The third-order valence-electron chi connectivity index (χ3n) is 3.02. The topological polar surface area (TPSA) is 102 Å². The summed E-state index contributed by atoms with van der Waals surface area (Å²) in [5.41, 5.74) is -0.0189. The standard InChI is InChI=1S/C16H23N3O5/c1-16(2,3)24-15(21)17-13(14(20)18(4)5)10-11-6-8-12(9-7-11)19(22)23/h6-9,13H,10H2,1-5H3,(H,17,21)/t13-/m0/s1. The van der Waals surface area contributed by atoms with Crippen molar-refractivity contribution in [3.63, 3.8) is 0 Å². The summed E-state index contributed by atoms with van der Waals surface area (Å²) in [6, 6.07) is 5.02. The van der Waals surface area contributed by atoms with Gasteiger partial charge in [-0.1, -0.05) is 12.1 Å². The van der Waals surface area contributed by atoms with E-state index < -0.39 is 22.7 Å². The molecule has 1 N–H and O–H groups in total. The van der Waals surface area contributed by atoms with Crippen molar-refractivity contribution in [1.29, 1.82) is 0 Å². The number of alkyl carbamates (subject to hydrolysis) is 1. The molecule has 1 atom stereocenters. The van der Waals surface area contributed by atoms with Crippen LogP contribution in [0, 0.1) is 10.1 Å². The maximum absolute atomic E-state index is 12.3. The molecule has 24 heavy (non-hydrogen) atoms. The Morgan fingerprint density at radius 2 is 1.79 bits per heavy atom. The second-order valence-electron chi connectivity index (χ2n) is 6.56. The zero-order valence-corrected chi connectivity index (χ0v) is 14.5. The highest BCUT2D eigenvalue weighted by Crippen LogP contribution is 2.14. The molecule has 0 aliphatic rings. The number of benzene rings is 1. The maximum atomic E-state index is 12.3. The normalized spacial score (nSPS) is 12.2. The van der Waals surface area contributed by atoms with Gasteiger partial charge in [0.25, 0.3) is 5.69 Å². The maximum Gasteiger partial charge on any atom is 0.408 e. The number of nitrogens with one attached hydrogen (secondary N) is 1. The molecule has 2 amide bonds. The van der Waals surface area contributed by atoms with Gasteiger partial charge < -0.3 is 15.0 Å². The number of nitro groups is 1. The molecule has 0 aliphatic heterocycles. The summed E-state index contributed by atoms with van der Waals surface area (Å²) in [6.45, 7) is 5.18. The van der Waals surface area contributed by atoms with Gasteiger partial charge in [0.2, 0.25) is 5.91 Å². The summed E-state index contributed by atoms with van der Waals surface area (Å²) >= 11 is 0. The van der Waals surface area contributed by atoms with Gasteiger partial charge in [-0.25, -0.2) is 4.79 Å². The molecule has 0 saturated carbocycles. The van der Waals surface area contributed by atoms with E-state index >= 15 is 0 Å². The number of nitrogens with zero attached hydrogens (tertiary/aromatic N) is 2. The van der Waals surface area contributed by atoms with Gasteiger partial charge in [0, 0.05) is 32.6 Å². The van der Waals surface area contributed by atoms with Crippen molar-refractivity contribution in [3.05, 3.63) is 39.9 Å². The number of carbonyl (C=O) groups is 2. The molecule has 0 heterocycles. The lowest BCUT2D eigenvalue weighted by Gasteiger charge is -2.25. The molecule has 0 aromatic heterocycles. The summed E-state index contributed by atoms with van der Waals surface area (Å²) in [7, 11) is 3.17. The van der Waals surface area contributed by atoms with Crippen LogP contribution in [0.1, 0.15) is 26.3 Å². The predicted molar refractivity (Wildman–Crippen MR) is 88.7 cm³/mol. The van der Waals surface area contributed by atoms with Crippen LogP contribution in [0.2, 0.25) is 0 Å². The lowest BCUT2D eigenvalue weighted by atomic mass is 10.0. The van der Waals surface area contributed by atoms with Gasteiger partial charge in [0.05, 0.1) is 4.92 Å². The fraction of sp³-hybridized carbons (Fsp3) is 0.500. The smallest absolute Gasteiger partial charge is 0.408 e. The number of hydrogen-bond acceptors (Lipinski definition) is 5. The number of likely N-dealkylation sites (N-methyl/N-ethyl adjacent to an activating group) is 1. The first-order chi connectivity index (χ1) is 11.0. The van der Waals surface area contributed by atoms with Gasteiger partial charge in [-0.15, -0.1) is 0 Å². The molecule has 1 aromatic carbocycles. The number of rotatable bonds is 5. The summed E-state index contributed by atoms with van der Waals surface area (Å²) < 4.78 is 5.18. The highest BCUT2D eigenvalue weighted by Gasteiger charge is 2.25. The number of ether oxygens (including phenoxy) is 1. The van der Waals surface area contributed by atoms with Crippen LogP contribution in [0.4, 0.5) is 10.5 Å². The number of carbonyl (C=O) groups excluding carboxylic acids is 2. The van der Waals surface area contributed by atoms with E-state index in [1.807, 2.05) is 0 Å². The minimum absolute atomic E-state index is 0.0330. The molecule has 0 unspecified atom stereocenters. The van der Waals surface area contributed by atoms with Crippen molar-refractivity contribution in [2.75, 3.05) is 14.1 Å². The summed E-state index contributed by atoms with van der Waals surface area (Å²) in [5, 5.41) is 13.2. The Morgan fingerprint density at radius 1 is 1.25 bits per heavy atom. The lowest BCUT2D eigenvalue weighted by Crippen LogP contribution is -2.48. The predicted octanol–water partition coefficient (Wildman–Crippen LogP) is 2.12.